The van der Waals surface area contributed by atoms with E-state index in [-0.39, 0.29) is 96.5 Å². The van der Waals surface area contributed by atoms with Crippen molar-refractivity contribution in [3.8, 4) is 0 Å². The van der Waals surface area contributed by atoms with Gasteiger partial charge in [0.05, 0.1) is 0 Å². The Bertz CT molecular complexity index is 6.85. The van der Waals surface area contributed by atoms with Gasteiger partial charge in [0.1, 0.15) is 0 Å². The summed E-state index contributed by atoms with van der Waals surface area (Å²) in [5, 5.41) is 0. The van der Waals surface area contributed by atoms with Gasteiger partial charge in [-0.05, 0) is 0 Å². The number of rotatable bonds is 0. The molecule has 0 amide bonds. The smallest absolute Gasteiger partial charge is 0 e. The second-order valence-corrected chi connectivity index (χ2v) is 0. The van der Waals surface area contributed by atoms with Crippen molar-refractivity contribution in [1.29, 1.82) is 0 Å². The summed E-state index contributed by atoms with van der Waals surface area (Å²) in [5.74, 6) is 0. The molecule has 0 unspecified atom stereocenters. The Labute approximate surface area is 94.9 Å². The predicted octanol–water partition coefficient (Wildman–Crippen LogP) is 0.992. The van der Waals surface area contributed by atoms with Gasteiger partial charge >= 0.3 is 0 Å². The molecule has 0 aliphatic rings. The minimum Gasteiger partial charge on any atom is -0.147 e. The Hall–Kier alpha value is 2.99. The van der Waals surface area contributed by atoms with Crippen LogP contribution in [0.25, 0.3) is 0 Å². The molecule has 5 heavy (non-hydrogen) atoms. The number of halogens is 2. The van der Waals surface area contributed by atoms with Crippen LogP contribution in [0.5, 0.6) is 0 Å². The molecule has 0 aromatic carbocycles. The molecule has 0 N–H and O–H groups in total. The van der Waals surface area contributed by atoms with Crippen molar-refractivity contribution in [2.75, 3.05) is 0 Å². The Morgan fingerprint density at radius 1 is 0.600 bits per heavy atom. The van der Waals surface area contributed by atoms with Crippen LogP contribution < -0.4 is 0 Å². The van der Waals surface area contributed by atoms with Crippen LogP contribution in [-0.2, 0) is 67.1 Å². The second kappa shape index (κ2) is 28.0. The van der Waals surface area contributed by atoms with Crippen LogP contribution in [0.4, 0.5) is 0 Å². The van der Waals surface area contributed by atoms with Crippen LogP contribution in [0.3, 0.4) is 0 Å². The molecule has 0 aromatic rings. The van der Waals surface area contributed by atoms with Gasteiger partial charge in [0.25, 0.3) is 0 Å². The zero-order valence-electron chi connectivity index (χ0n) is 1.72. The Kier molecular flexibility index (Phi) is 245. The molecule has 0 spiro atoms. The van der Waals surface area contributed by atoms with Crippen LogP contribution in [0, 0.1) is 0 Å². The standard InChI is InChI=1S/3Ag.BrH.ClH/h;;;2*1H. The fraction of sp³-hybridized carbons (Fsp3) is 0. The van der Waals surface area contributed by atoms with Crippen LogP contribution >= 0.6 is 29.4 Å². The van der Waals surface area contributed by atoms with E-state index in [0.29, 0.717) is 0 Å². The number of hydrogen-bond donors (Lipinski definition) is 0. The third-order valence-corrected chi connectivity index (χ3v) is 0. The summed E-state index contributed by atoms with van der Waals surface area (Å²) >= 11 is 0. The first kappa shape index (κ1) is 43.7. The molecular formula is H2Ag3BrCl. The van der Waals surface area contributed by atoms with Crippen molar-refractivity contribution >= 4 is 29.4 Å². The molecule has 49 valence electrons. The largest absolute Gasteiger partial charge is 0.147 e. The summed E-state index contributed by atoms with van der Waals surface area (Å²) in [4.78, 5) is 0. The fourth-order valence-corrected chi connectivity index (χ4v) is 0. The zero-order valence-corrected chi connectivity index (χ0v) is 8.70. The summed E-state index contributed by atoms with van der Waals surface area (Å²) in [6, 6.07) is 0. The maximum Gasteiger partial charge on any atom is 0 e. The van der Waals surface area contributed by atoms with Crippen LogP contribution in [0.2, 0.25) is 0 Å². The maximum absolute atomic E-state index is 0. The molecule has 0 bridgehead atoms. The molecule has 0 fully saturated rings. The first-order valence-electron chi connectivity index (χ1n) is 0. The molecule has 0 aliphatic heterocycles. The van der Waals surface area contributed by atoms with Gasteiger partial charge < -0.3 is 0 Å². The maximum atomic E-state index is 0. The molecule has 5 heteroatoms. The van der Waals surface area contributed by atoms with E-state index in [1.165, 1.54) is 0 Å². The SMILES string of the molecule is Br.Cl.[Ag].[Ag].[Ag]. The Balaban J connectivity index is 0. The predicted molar refractivity (Wildman–Crippen MR) is 17.6 cm³/mol. The van der Waals surface area contributed by atoms with Gasteiger partial charge in [0.15, 0.2) is 0 Å². The first-order chi connectivity index (χ1) is 0. The molecule has 0 nitrogen and oxygen atoms in total. The van der Waals surface area contributed by atoms with Crippen molar-refractivity contribution in [1.82, 2.24) is 0 Å². The van der Waals surface area contributed by atoms with E-state index < -0.39 is 0 Å². The molecule has 0 heterocycles. The normalized spacial score (nSPS) is 0. The third-order valence-electron chi connectivity index (χ3n) is 0. The molecule has 0 rings (SSSR count). The van der Waals surface area contributed by atoms with Crippen molar-refractivity contribution in [3.05, 3.63) is 0 Å². The van der Waals surface area contributed by atoms with Gasteiger partial charge in [0.2, 0.25) is 0 Å². The molecular weight excluding hydrogens is 439 g/mol. The summed E-state index contributed by atoms with van der Waals surface area (Å²) in [6.45, 7) is 0. The summed E-state index contributed by atoms with van der Waals surface area (Å²) in [7, 11) is 0. The minimum absolute atomic E-state index is 0. The molecule has 0 saturated heterocycles. The minimum atomic E-state index is 0. The summed E-state index contributed by atoms with van der Waals surface area (Å²) in [6.07, 6.45) is 0. The van der Waals surface area contributed by atoms with Crippen molar-refractivity contribution in [2.24, 2.45) is 0 Å². The third kappa shape index (κ3) is 19.5. The molecule has 0 aromatic heterocycles. The van der Waals surface area contributed by atoms with Gasteiger partial charge in [-0.2, -0.15) is 0 Å². The van der Waals surface area contributed by atoms with Gasteiger partial charge in [-0.3, -0.25) is 0 Å². The average molecular weight is 441 g/mol. The Morgan fingerprint density at radius 3 is 0.600 bits per heavy atom. The zero-order chi connectivity index (χ0) is 0. The van der Waals surface area contributed by atoms with E-state index >= 15 is 0 Å². The number of hydrogen-bond acceptors (Lipinski definition) is 0. The van der Waals surface area contributed by atoms with Crippen molar-refractivity contribution in [2.45, 2.75) is 0 Å². The summed E-state index contributed by atoms with van der Waals surface area (Å²) < 4.78 is 0. The van der Waals surface area contributed by atoms with Gasteiger partial charge in [-0.15, -0.1) is 29.4 Å². The second-order valence-electron chi connectivity index (χ2n) is 0. The monoisotopic (exact) mass is 437 g/mol. The van der Waals surface area contributed by atoms with Crippen molar-refractivity contribution in [3.63, 3.8) is 0 Å². The van der Waals surface area contributed by atoms with E-state index in [1.807, 2.05) is 0 Å². The molecule has 0 aliphatic carbocycles. The van der Waals surface area contributed by atoms with Crippen LogP contribution in [0.15, 0.2) is 0 Å². The molecule has 0 atom stereocenters. The molecule has 3 radical (unpaired) electrons. The van der Waals surface area contributed by atoms with Gasteiger partial charge in [-0.25, -0.2) is 0 Å². The fourth-order valence-electron chi connectivity index (χ4n) is 0. The average Bonchev–Trinajstić information content (AvgIpc) is 0. The topological polar surface area (TPSA) is 0 Å². The first-order valence-corrected chi connectivity index (χ1v) is 0. The van der Waals surface area contributed by atoms with E-state index in [4.69, 9.17) is 0 Å². The van der Waals surface area contributed by atoms with Crippen molar-refractivity contribution < 1.29 is 67.1 Å². The van der Waals surface area contributed by atoms with Crippen LogP contribution in [-0.4, -0.2) is 0 Å². The van der Waals surface area contributed by atoms with E-state index in [0.717, 1.165) is 0 Å². The van der Waals surface area contributed by atoms with E-state index in [1.54, 1.807) is 0 Å². The van der Waals surface area contributed by atoms with E-state index in [9.17, 15) is 0 Å². The van der Waals surface area contributed by atoms with Gasteiger partial charge in [0, 0.05) is 67.1 Å². The van der Waals surface area contributed by atoms with Crippen LogP contribution in [0.1, 0.15) is 0 Å². The van der Waals surface area contributed by atoms with E-state index in [2.05, 4.69) is 0 Å². The summed E-state index contributed by atoms with van der Waals surface area (Å²) in [5.41, 5.74) is 0. The quantitative estimate of drug-likeness (QED) is 0.493. The molecule has 0 saturated carbocycles. The van der Waals surface area contributed by atoms with Gasteiger partial charge in [-0.1, -0.05) is 0 Å². The Morgan fingerprint density at radius 2 is 0.600 bits per heavy atom.